The van der Waals surface area contributed by atoms with Gasteiger partial charge in [0.2, 0.25) is 0 Å². The fourth-order valence-corrected chi connectivity index (χ4v) is 3.09. The minimum Gasteiger partial charge on any atom is -0.324 e. The molecule has 2 aromatic carbocycles. The van der Waals surface area contributed by atoms with Gasteiger partial charge in [-0.1, -0.05) is 54.6 Å². The first kappa shape index (κ1) is 15.1. The first-order valence-electron chi connectivity index (χ1n) is 7.22. The van der Waals surface area contributed by atoms with Crippen LogP contribution in [0.3, 0.4) is 0 Å². The maximum absolute atomic E-state index is 5.92. The summed E-state index contributed by atoms with van der Waals surface area (Å²) in [5.41, 5.74) is 9.96. The first-order valence-corrected chi connectivity index (χ1v) is 8.37. The second-order valence-corrected chi connectivity index (χ2v) is 6.28. The van der Waals surface area contributed by atoms with Gasteiger partial charge in [-0.2, -0.15) is 11.8 Å². The molecule has 0 radical (unpaired) electrons. The van der Waals surface area contributed by atoms with Gasteiger partial charge >= 0.3 is 0 Å². The third-order valence-corrected chi connectivity index (χ3v) is 4.46. The van der Waals surface area contributed by atoms with Gasteiger partial charge in [0.15, 0.2) is 0 Å². The van der Waals surface area contributed by atoms with Crippen LogP contribution in [0.15, 0.2) is 54.6 Å². The van der Waals surface area contributed by atoms with Gasteiger partial charge < -0.3 is 5.73 Å². The van der Waals surface area contributed by atoms with Crippen molar-refractivity contribution in [2.75, 3.05) is 5.75 Å². The molecule has 0 aliphatic heterocycles. The average Bonchev–Trinajstić information content (AvgIpc) is 2.48. The highest BCUT2D eigenvalue weighted by Gasteiger charge is 2.01. The van der Waals surface area contributed by atoms with Crippen LogP contribution in [0, 0.1) is 0 Å². The number of hydrogen-bond donors (Lipinski definition) is 1. The maximum Gasteiger partial charge on any atom is 0.0266 e. The summed E-state index contributed by atoms with van der Waals surface area (Å²) in [5, 5.41) is 0. The maximum atomic E-state index is 5.92. The SMILES string of the molecule is CC(N)c1cccc(CSCCCc2ccccc2)c1. The van der Waals surface area contributed by atoms with Gasteiger partial charge in [0.1, 0.15) is 0 Å². The van der Waals surface area contributed by atoms with E-state index in [2.05, 4.69) is 54.6 Å². The predicted octanol–water partition coefficient (Wildman–Crippen LogP) is 4.57. The molecule has 0 aliphatic carbocycles. The summed E-state index contributed by atoms with van der Waals surface area (Å²) in [6, 6.07) is 19.5. The van der Waals surface area contributed by atoms with E-state index < -0.39 is 0 Å². The summed E-state index contributed by atoms with van der Waals surface area (Å²) >= 11 is 2.01. The van der Waals surface area contributed by atoms with Crippen LogP contribution < -0.4 is 5.73 Å². The molecule has 1 atom stereocenters. The van der Waals surface area contributed by atoms with Crippen molar-refractivity contribution in [3.8, 4) is 0 Å². The highest BCUT2D eigenvalue weighted by molar-refractivity contribution is 7.98. The van der Waals surface area contributed by atoms with Crippen molar-refractivity contribution in [2.24, 2.45) is 5.73 Å². The smallest absolute Gasteiger partial charge is 0.0266 e. The van der Waals surface area contributed by atoms with Gasteiger partial charge in [0.25, 0.3) is 0 Å². The van der Waals surface area contributed by atoms with Crippen molar-refractivity contribution in [3.05, 3.63) is 71.3 Å². The van der Waals surface area contributed by atoms with E-state index in [9.17, 15) is 0 Å². The molecule has 0 aromatic heterocycles. The lowest BCUT2D eigenvalue weighted by atomic mass is 10.1. The van der Waals surface area contributed by atoms with Crippen LogP contribution in [0.4, 0.5) is 0 Å². The lowest BCUT2D eigenvalue weighted by Gasteiger charge is -2.08. The molecule has 2 aromatic rings. The predicted molar refractivity (Wildman–Crippen MR) is 90.0 cm³/mol. The molecule has 2 heteroatoms. The topological polar surface area (TPSA) is 26.0 Å². The van der Waals surface area contributed by atoms with Crippen molar-refractivity contribution in [3.63, 3.8) is 0 Å². The van der Waals surface area contributed by atoms with Gasteiger partial charge in [-0.25, -0.2) is 0 Å². The Hall–Kier alpha value is -1.25. The van der Waals surface area contributed by atoms with Crippen LogP contribution in [0.5, 0.6) is 0 Å². The molecular formula is C18H23NS. The molecule has 0 saturated carbocycles. The molecule has 0 fully saturated rings. The minimum absolute atomic E-state index is 0.123. The van der Waals surface area contributed by atoms with E-state index in [0.717, 1.165) is 5.75 Å². The first-order chi connectivity index (χ1) is 9.75. The molecule has 0 heterocycles. The van der Waals surface area contributed by atoms with Gasteiger partial charge in [0, 0.05) is 11.8 Å². The number of aryl methyl sites for hydroxylation is 1. The second kappa shape index (κ2) is 8.13. The Morgan fingerprint density at radius 3 is 2.50 bits per heavy atom. The Morgan fingerprint density at radius 1 is 1.00 bits per heavy atom. The zero-order valence-electron chi connectivity index (χ0n) is 12.1. The lowest BCUT2D eigenvalue weighted by molar-refractivity contribution is 0.816. The molecule has 106 valence electrons. The van der Waals surface area contributed by atoms with Crippen LogP contribution in [0.25, 0.3) is 0 Å². The molecule has 20 heavy (non-hydrogen) atoms. The summed E-state index contributed by atoms with van der Waals surface area (Å²) in [5.74, 6) is 2.28. The monoisotopic (exact) mass is 285 g/mol. The Kier molecular flexibility index (Phi) is 6.16. The normalized spacial score (nSPS) is 12.3. The molecule has 2 N–H and O–H groups in total. The Bertz CT molecular complexity index is 508. The number of rotatable bonds is 7. The third kappa shape index (κ3) is 5.03. The Balaban J connectivity index is 1.69. The Labute approximate surface area is 126 Å². The lowest BCUT2D eigenvalue weighted by Crippen LogP contribution is -2.04. The van der Waals surface area contributed by atoms with E-state index >= 15 is 0 Å². The zero-order valence-corrected chi connectivity index (χ0v) is 12.9. The summed E-state index contributed by atoms with van der Waals surface area (Å²) in [6.07, 6.45) is 2.41. The average molecular weight is 285 g/mol. The molecular weight excluding hydrogens is 262 g/mol. The summed E-state index contributed by atoms with van der Waals surface area (Å²) in [7, 11) is 0. The van der Waals surface area contributed by atoms with E-state index in [-0.39, 0.29) is 6.04 Å². The minimum atomic E-state index is 0.123. The third-order valence-electron chi connectivity index (χ3n) is 3.34. The van der Waals surface area contributed by atoms with Crippen LogP contribution >= 0.6 is 11.8 Å². The summed E-state index contributed by atoms with van der Waals surface area (Å²) < 4.78 is 0. The van der Waals surface area contributed by atoms with Gasteiger partial charge in [0.05, 0.1) is 0 Å². The van der Waals surface area contributed by atoms with Crippen molar-refractivity contribution in [1.82, 2.24) is 0 Å². The fourth-order valence-electron chi connectivity index (χ4n) is 2.18. The molecule has 0 aliphatic rings. The van der Waals surface area contributed by atoms with E-state index in [1.54, 1.807) is 0 Å². The zero-order chi connectivity index (χ0) is 14.2. The van der Waals surface area contributed by atoms with Gasteiger partial charge in [-0.15, -0.1) is 0 Å². The van der Waals surface area contributed by atoms with Crippen LogP contribution in [0.1, 0.15) is 36.1 Å². The van der Waals surface area contributed by atoms with Gasteiger partial charge in [-0.05, 0) is 42.2 Å². The molecule has 0 bridgehead atoms. The van der Waals surface area contributed by atoms with Gasteiger partial charge in [-0.3, -0.25) is 0 Å². The summed E-state index contributed by atoms with van der Waals surface area (Å²) in [4.78, 5) is 0. The largest absolute Gasteiger partial charge is 0.324 e. The fraction of sp³-hybridized carbons (Fsp3) is 0.333. The van der Waals surface area contributed by atoms with Crippen LogP contribution in [-0.4, -0.2) is 5.75 Å². The van der Waals surface area contributed by atoms with E-state index in [0.29, 0.717) is 0 Å². The standard InChI is InChI=1S/C18H23NS/c1-15(19)18-11-5-9-17(13-18)14-20-12-6-10-16-7-3-2-4-8-16/h2-5,7-9,11,13,15H,6,10,12,14,19H2,1H3. The van der Waals surface area contributed by atoms with Crippen molar-refractivity contribution < 1.29 is 0 Å². The van der Waals surface area contributed by atoms with Crippen LogP contribution in [0.2, 0.25) is 0 Å². The quantitative estimate of drug-likeness (QED) is 0.754. The highest BCUT2D eigenvalue weighted by atomic mass is 32.2. The van der Waals surface area contributed by atoms with E-state index in [1.165, 1.54) is 35.3 Å². The van der Waals surface area contributed by atoms with Crippen LogP contribution in [-0.2, 0) is 12.2 Å². The molecule has 2 rings (SSSR count). The molecule has 0 saturated heterocycles. The molecule has 1 nitrogen and oxygen atoms in total. The molecule has 1 unspecified atom stereocenters. The number of thioether (sulfide) groups is 1. The van der Waals surface area contributed by atoms with E-state index in [1.807, 2.05) is 18.7 Å². The summed E-state index contributed by atoms with van der Waals surface area (Å²) in [6.45, 7) is 2.03. The number of benzene rings is 2. The number of nitrogens with two attached hydrogens (primary N) is 1. The van der Waals surface area contributed by atoms with Crippen molar-refractivity contribution >= 4 is 11.8 Å². The second-order valence-electron chi connectivity index (χ2n) is 5.18. The van der Waals surface area contributed by atoms with E-state index in [4.69, 9.17) is 5.73 Å². The van der Waals surface area contributed by atoms with Crippen molar-refractivity contribution in [1.29, 1.82) is 0 Å². The highest BCUT2D eigenvalue weighted by Crippen LogP contribution is 2.18. The number of hydrogen-bond acceptors (Lipinski definition) is 2. The van der Waals surface area contributed by atoms with Crippen molar-refractivity contribution in [2.45, 2.75) is 31.6 Å². The molecule has 0 spiro atoms. The molecule has 0 amide bonds. The Morgan fingerprint density at radius 2 is 1.75 bits per heavy atom.